The fourth-order valence-corrected chi connectivity index (χ4v) is 11.0. The molecule has 4 N–H and O–H groups in total. The summed E-state index contributed by atoms with van der Waals surface area (Å²) in [5.41, 5.74) is 12.4. The van der Waals surface area contributed by atoms with Crippen LogP contribution in [0.5, 0.6) is 0 Å². The van der Waals surface area contributed by atoms with Gasteiger partial charge >= 0.3 is 6.03 Å². The lowest BCUT2D eigenvalue weighted by Crippen LogP contribution is -2.58. The molecule has 6 aliphatic rings. The summed E-state index contributed by atoms with van der Waals surface area (Å²) >= 11 is 0. The van der Waals surface area contributed by atoms with Gasteiger partial charge in [0.25, 0.3) is 5.91 Å². The normalized spacial score (nSPS) is 24.8. The first-order valence-electron chi connectivity index (χ1n) is 21.4. The molecule has 0 bridgehead atoms. The second kappa shape index (κ2) is 14.9. The number of imide groups is 1. The van der Waals surface area contributed by atoms with Crippen molar-refractivity contribution in [3.05, 3.63) is 70.7 Å². The number of carbonyl (C=O) groups excluding carboxylic acids is 4. The van der Waals surface area contributed by atoms with E-state index in [2.05, 4.69) is 60.9 Å². The molecule has 4 saturated heterocycles. The minimum absolute atomic E-state index is 0.0737. The fourth-order valence-electron chi connectivity index (χ4n) is 11.0. The van der Waals surface area contributed by atoms with E-state index >= 15 is 0 Å². The van der Waals surface area contributed by atoms with E-state index < -0.39 is 11.8 Å². The zero-order valence-corrected chi connectivity index (χ0v) is 33.6. The maximum absolute atomic E-state index is 12.7. The summed E-state index contributed by atoms with van der Waals surface area (Å²) in [5.74, 6) is 0.434. The molecule has 1 saturated carbocycles. The third kappa shape index (κ3) is 7.06. The van der Waals surface area contributed by atoms with Crippen molar-refractivity contribution in [3.63, 3.8) is 0 Å². The number of likely N-dealkylation sites (N-methyl/N-ethyl adjacent to an activating group) is 1. The first-order chi connectivity index (χ1) is 28.6. The molecule has 6 heterocycles. The van der Waals surface area contributed by atoms with Gasteiger partial charge in [-0.25, -0.2) is 14.8 Å². The third-order valence-electron chi connectivity index (χ3n) is 14.2. The Morgan fingerprint density at radius 2 is 1.81 bits per heavy atom. The molecule has 15 heteroatoms. The van der Waals surface area contributed by atoms with Crippen molar-refractivity contribution >= 4 is 52.0 Å². The molecule has 308 valence electrons. The first kappa shape index (κ1) is 37.7. The van der Waals surface area contributed by atoms with Gasteiger partial charge in [-0.05, 0) is 104 Å². The average molecular weight is 801 g/mol. The number of piperidine rings is 2. The highest BCUT2D eigenvalue weighted by molar-refractivity contribution is 6.02. The lowest BCUT2D eigenvalue weighted by molar-refractivity contribution is -0.134. The molecule has 15 nitrogen and oxygen atoms in total. The number of fused-ring (bicyclic) bond motifs is 3. The van der Waals surface area contributed by atoms with E-state index in [9.17, 15) is 19.2 Å². The van der Waals surface area contributed by atoms with Crippen LogP contribution in [0.15, 0.2) is 47.1 Å². The van der Waals surface area contributed by atoms with Crippen molar-refractivity contribution in [1.29, 1.82) is 0 Å². The Balaban J connectivity index is 0.723. The van der Waals surface area contributed by atoms with Crippen molar-refractivity contribution in [3.8, 4) is 0 Å². The number of likely N-dealkylation sites (tertiary alicyclic amines) is 1. The summed E-state index contributed by atoms with van der Waals surface area (Å²) in [6.45, 7) is 6.32. The van der Waals surface area contributed by atoms with Crippen LogP contribution in [0.3, 0.4) is 0 Å². The lowest BCUT2D eigenvalue weighted by atomic mass is 9.64. The van der Waals surface area contributed by atoms with Gasteiger partial charge in [-0.1, -0.05) is 23.4 Å². The predicted octanol–water partition coefficient (Wildman–Crippen LogP) is 4.69. The number of carbonyl (C=O) groups is 4. The molecule has 59 heavy (non-hydrogen) atoms. The molecule has 4 aliphatic heterocycles. The van der Waals surface area contributed by atoms with Crippen LogP contribution in [-0.4, -0.2) is 112 Å². The van der Waals surface area contributed by atoms with Gasteiger partial charge in [0, 0.05) is 75.9 Å². The minimum atomic E-state index is -0.639. The maximum Gasteiger partial charge on any atom is 0.320 e. The van der Waals surface area contributed by atoms with Crippen LogP contribution in [0.2, 0.25) is 0 Å². The van der Waals surface area contributed by atoms with E-state index in [4.69, 9.17) is 15.2 Å². The summed E-state index contributed by atoms with van der Waals surface area (Å²) in [7, 11) is 1.84. The largest absolute Gasteiger partial charge is 0.364 e. The number of rotatable bonds is 9. The molecule has 2 aromatic heterocycles. The SMILES string of the molecule is CN1CCN([C@@H]2CCCN(c3cnc(C(N)=O)c(Nc4ccc(C5CCC6(CC5)CN(C[C@H]5Cc7ccc8c(C9CCC(=O)NC9=O)noc8c7C5)C6)cc4)n3)C2)C1=O. The van der Waals surface area contributed by atoms with Gasteiger partial charge < -0.3 is 35.2 Å². The molecule has 1 spiro atoms. The van der Waals surface area contributed by atoms with E-state index in [-0.39, 0.29) is 29.6 Å². The molecule has 2 aliphatic carbocycles. The van der Waals surface area contributed by atoms with Crippen molar-refractivity contribution in [1.82, 2.24) is 35.1 Å². The average Bonchev–Trinajstić information content (AvgIpc) is 3.94. The number of urea groups is 1. The van der Waals surface area contributed by atoms with Gasteiger partial charge in [0.1, 0.15) is 11.5 Å². The number of anilines is 3. The molecule has 10 rings (SSSR count). The first-order valence-corrected chi connectivity index (χ1v) is 21.4. The lowest BCUT2D eigenvalue weighted by Gasteiger charge is -2.54. The predicted molar refractivity (Wildman–Crippen MR) is 220 cm³/mol. The number of nitrogens with one attached hydrogen (secondary N) is 2. The van der Waals surface area contributed by atoms with E-state index in [1.807, 2.05) is 18.0 Å². The van der Waals surface area contributed by atoms with Gasteiger partial charge in [-0.15, -0.1) is 0 Å². The van der Waals surface area contributed by atoms with Crippen molar-refractivity contribution in [2.24, 2.45) is 17.1 Å². The zero-order chi connectivity index (χ0) is 40.4. The zero-order valence-electron chi connectivity index (χ0n) is 33.6. The topological polar surface area (TPSA) is 183 Å². The number of benzene rings is 2. The van der Waals surface area contributed by atoms with E-state index in [1.165, 1.54) is 42.4 Å². The molecule has 5 fully saturated rings. The Morgan fingerprint density at radius 3 is 2.56 bits per heavy atom. The second-order valence-corrected chi connectivity index (χ2v) is 18.0. The fraction of sp³-hybridized carbons (Fsp3) is 0.523. The van der Waals surface area contributed by atoms with Gasteiger partial charge in [-0.3, -0.25) is 19.7 Å². The molecule has 5 amide bonds. The summed E-state index contributed by atoms with van der Waals surface area (Å²) in [6, 6.07) is 12.9. The van der Waals surface area contributed by atoms with Crippen LogP contribution in [0.1, 0.15) is 96.1 Å². The van der Waals surface area contributed by atoms with Crippen LogP contribution in [0, 0.1) is 11.3 Å². The highest BCUT2D eigenvalue weighted by Gasteiger charge is 2.46. The Kier molecular flexibility index (Phi) is 9.53. The number of nitrogens with two attached hydrogens (primary N) is 1. The van der Waals surface area contributed by atoms with Gasteiger partial charge in [0.15, 0.2) is 17.1 Å². The van der Waals surface area contributed by atoms with Gasteiger partial charge in [0.2, 0.25) is 11.8 Å². The number of nitrogens with zero attached hydrogens (tertiary/aromatic N) is 7. The molecular weight excluding hydrogens is 749 g/mol. The number of aromatic nitrogens is 3. The summed E-state index contributed by atoms with van der Waals surface area (Å²) in [4.78, 5) is 67.1. The number of primary amides is 1. The molecule has 3 atom stereocenters. The van der Waals surface area contributed by atoms with Crippen LogP contribution < -0.4 is 21.3 Å². The second-order valence-electron chi connectivity index (χ2n) is 18.0. The van der Waals surface area contributed by atoms with E-state index in [0.29, 0.717) is 54.0 Å². The van der Waals surface area contributed by atoms with Crippen LogP contribution >= 0.6 is 0 Å². The summed E-state index contributed by atoms with van der Waals surface area (Å²) in [6.07, 6.45) is 11.0. The maximum atomic E-state index is 12.7. The highest BCUT2D eigenvalue weighted by Crippen LogP contribution is 2.49. The van der Waals surface area contributed by atoms with Crippen LogP contribution in [-0.2, 0) is 22.4 Å². The monoisotopic (exact) mass is 800 g/mol. The van der Waals surface area contributed by atoms with Gasteiger partial charge in [-0.2, -0.15) is 0 Å². The van der Waals surface area contributed by atoms with Crippen molar-refractivity contribution < 1.29 is 23.7 Å². The summed E-state index contributed by atoms with van der Waals surface area (Å²) < 4.78 is 5.88. The molecule has 1 unspecified atom stereocenters. The van der Waals surface area contributed by atoms with Crippen molar-refractivity contribution in [2.75, 3.05) is 63.1 Å². The quantitative estimate of drug-likeness (QED) is 0.200. The van der Waals surface area contributed by atoms with E-state index in [0.717, 1.165) is 81.6 Å². The van der Waals surface area contributed by atoms with Crippen molar-refractivity contribution in [2.45, 2.75) is 82.1 Å². The number of amides is 5. The minimum Gasteiger partial charge on any atom is -0.364 e. The highest BCUT2D eigenvalue weighted by atomic mass is 16.5. The number of hydrogen-bond acceptors (Lipinski definition) is 11. The Bertz CT molecular complexity index is 2310. The molecule has 2 aromatic carbocycles. The van der Waals surface area contributed by atoms with Gasteiger partial charge in [0.05, 0.1) is 18.2 Å². The molecule has 4 aromatic rings. The van der Waals surface area contributed by atoms with E-state index in [1.54, 1.807) is 11.1 Å². The molecular formula is C44H52N10O5. The Morgan fingerprint density at radius 1 is 1.00 bits per heavy atom. The Labute approximate surface area is 343 Å². The van der Waals surface area contributed by atoms with Crippen LogP contribution in [0.25, 0.3) is 11.0 Å². The number of hydrogen-bond donors (Lipinski definition) is 3. The Hall–Kier alpha value is -5.57. The third-order valence-corrected chi connectivity index (χ3v) is 14.2. The smallest absolute Gasteiger partial charge is 0.320 e. The summed E-state index contributed by atoms with van der Waals surface area (Å²) in [5, 5.41) is 11.0. The molecule has 0 radical (unpaired) electrons. The van der Waals surface area contributed by atoms with Crippen LogP contribution in [0.4, 0.5) is 22.1 Å². The standard InChI is InChI=1S/C44H52N10O5/c1-51-17-18-54(43(51)58)31-3-2-16-53(23-31)35-21-46-38(40(45)56)41(48-35)47-30-7-4-27(5-8-30)28-12-14-44(15-13-28)24-52(25-44)22-26-19-29-6-9-32-37(50-59-39(32)34(29)20-26)33-10-11-36(55)49-42(33)57/h4-9,21,26,28,31,33H,2-3,10-20,22-25H2,1H3,(H2,45,56)(H,47,48)(H,49,55,57)/t26-,31+,33?/m0/s1.